The predicted molar refractivity (Wildman–Crippen MR) is 62.1 cm³/mol. The lowest BCUT2D eigenvalue weighted by Crippen LogP contribution is -2.16. The van der Waals surface area contributed by atoms with Gasteiger partial charge >= 0.3 is 6.18 Å². The highest BCUT2D eigenvalue weighted by Crippen LogP contribution is 2.31. The quantitative estimate of drug-likeness (QED) is 0.938. The van der Waals surface area contributed by atoms with Gasteiger partial charge in [-0.15, -0.1) is 0 Å². The molecule has 5 nitrogen and oxygen atoms in total. The highest BCUT2D eigenvalue weighted by molar-refractivity contribution is 7.89. The predicted octanol–water partition coefficient (Wildman–Crippen LogP) is 1.93. The third kappa shape index (κ3) is 3.17. The summed E-state index contributed by atoms with van der Waals surface area (Å²) in [5.41, 5.74) is 0.165. The van der Waals surface area contributed by atoms with Crippen molar-refractivity contribution in [3.8, 4) is 0 Å². The lowest BCUT2D eigenvalue weighted by atomic mass is 10.2. The Hall–Kier alpha value is -1.87. The first kappa shape index (κ1) is 14.5. The van der Waals surface area contributed by atoms with Crippen LogP contribution in [-0.4, -0.2) is 13.4 Å². The summed E-state index contributed by atoms with van der Waals surface area (Å²) in [4.78, 5) is 3.62. The molecule has 0 aliphatic carbocycles. The summed E-state index contributed by atoms with van der Waals surface area (Å²) in [6.07, 6.45) is -3.52. The number of hydrogen-bond acceptors (Lipinski definition) is 4. The average Bonchev–Trinajstić information content (AvgIpc) is 2.76. The smallest absolute Gasteiger partial charge is 0.449 e. The Morgan fingerprint density at radius 2 is 1.95 bits per heavy atom. The second-order valence-electron chi connectivity index (χ2n) is 3.95. The summed E-state index contributed by atoms with van der Waals surface area (Å²) in [5, 5.41) is 4.60. The Kier molecular flexibility index (Phi) is 3.57. The van der Waals surface area contributed by atoms with Crippen LogP contribution in [0.3, 0.4) is 0 Å². The monoisotopic (exact) mass is 306 g/mol. The fourth-order valence-electron chi connectivity index (χ4n) is 1.63. The van der Waals surface area contributed by atoms with E-state index in [4.69, 9.17) is 5.14 Å². The lowest BCUT2D eigenvalue weighted by Gasteiger charge is -2.05. The van der Waals surface area contributed by atoms with E-state index in [9.17, 15) is 21.6 Å². The molecular weight excluding hydrogens is 297 g/mol. The minimum atomic E-state index is -4.59. The van der Waals surface area contributed by atoms with Crippen molar-refractivity contribution in [1.29, 1.82) is 0 Å². The van der Waals surface area contributed by atoms with Crippen molar-refractivity contribution in [1.82, 2.24) is 4.98 Å². The molecule has 0 amide bonds. The van der Waals surface area contributed by atoms with Crippen molar-refractivity contribution >= 4 is 10.0 Å². The zero-order valence-electron chi connectivity index (χ0n) is 9.89. The SMILES string of the molecule is NS(=O)(=O)c1ncccc1Cc1ccc(C(F)(F)F)o1. The fraction of sp³-hybridized carbons (Fsp3) is 0.182. The van der Waals surface area contributed by atoms with Crippen LogP contribution in [0, 0.1) is 0 Å². The maximum absolute atomic E-state index is 12.4. The molecule has 0 unspecified atom stereocenters. The van der Waals surface area contributed by atoms with Gasteiger partial charge in [0, 0.05) is 12.6 Å². The molecule has 20 heavy (non-hydrogen) atoms. The number of hydrogen-bond donors (Lipinski definition) is 1. The molecule has 0 aromatic carbocycles. The highest BCUT2D eigenvalue weighted by Gasteiger charge is 2.34. The number of pyridine rings is 1. The van der Waals surface area contributed by atoms with Crippen LogP contribution in [0.4, 0.5) is 13.2 Å². The van der Waals surface area contributed by atoms with Crippen molar-refractivity contribution in [3.05, 3.63) is 47.5 Å². The maximum atomic E-state index is 12.4. The van der Waals surface area contributed by atoms with Gasteiger partial charge in [0.1, 0.15) is 5.76 Å². The Labute approximate surface area is 112 Å². The molecule has 9 heteroatoms. The number of furan rings is 1. The number of rotatable bonds is 3. The zero-order chi connectivity index (χ0) is 15.0. The number of primary sulfonamides is 1. The van der Waals surface area contributed by atoms with Gasteiger partial charge in [-0.25, -0.2) is 18.5 Å². The maximum Gasteiger partial charge on any atom is 0.449 e. The molecule has 0 aliphatic rings. The molecule has 0 saturated heterocycles. The van der Waals surface area contributed by atoms with Crippen LogP contribution in [0.15, 0.2) is 39.9 Å². The van der Waals surface area contributed by atoms with Crippen molar-refractivity contribution in [2.45, 2.75) is 17.6 Å². The fourth-order valence-corrected chi connectivity index (χ4v) is 2.34. The van der Waals surface area contributed by atoms with E-state index in [0.717, 1.165) is 12.1 Å². The molecule has 0 atom stereocenters. The van der Waals surface area contributed by atoms with Crippen LogP contribution < -0.4 is 5.14 Å². The molecular formula is C11H9F3N2O3S. The Morgan fingerprint density at radius 1 is 1.25 bits per heavy atom. The molecule has 2 aromatic heterocycles. The summed E-state index contributed by atoms with van der Waals surface area (Å²) in [7, 11) is -4.05. The lowest BCUT2D eigenvalue weighted by molar-refractivity contribution is -0.153. The molecule has 2 rings (SSSR count). The molecule has 0 saturated carbocycles. The first-order valence-corrected chi connectivity index (χ1v) is 6.85. The third-order valence-electron chi connectivity index (χ3n) is 2.43. The Bertz CT molecular complexity index is 723. The van der Waals surface area contributed by atoms with Crippen LogP contribution in [0.5, 0.6) is 0 Å². The van der Waals surface area contributed by atoms with Gasteiger partial charge in [-0.2, -0.15) is 13.2 Å². The topological polar surface area (TPSA) is 86.2 Å². The first-order chi connectivity index (χ1) is 9.18. The highest BCUT2D eigenvalue weighted by atomic mass is 32.2. The summed E-state index contributed by atoms with van der Waals surface area (Å²) >= 11 is 0. The van der Waals surface area contributed by atoms with E-state index in [1.807, 2.05) is 0 Å². The number of nitrogens with two attached hydrogens (primary N) is 1. The number of alkyl halides is 3. The van der Waals surface area contributed by atoms with Crippen molar-refractivity contribution in [2.75, 3.05) is 0 Å². The van der Waals surface area contributed by atoms with Crippen molar-refractivity contribution < 1.29 is 26.0 Å². The van der Waals surface area contributed by atoms with Crippen LogP contribution in [-0.2, 0) is 22.6 Å². The second-order valence-corrected chi connectivity index (χ2v) is 5.43. The molecule has 108 valence electrons. The van der Waals surface area contributed by atoms with E-state index >= 15 is 0 Å². The van der Waals surface area contributed by atoms with E-state index in [2.05, 4.69) is 9.40 Å². The molecule has 2 aromatic rings. The van der Waals surface area contributed by atoms with E-state index in [1.165, 1.54) is 18.3 Å². The van der Waals surface area contributed by atoms with Crippen LogP contribution in [0.25, 0.3) is 0 Å². The summed E-state index contributed by atoms with van der Waals surface area (Å²) in [6.45, 7) is 0. The van der Waals surface area contributed by atoms with Gasteiger partial charge in [0.15, 0.2) is 5.03 Å². The van der Waals surface area contributed by atoms with Crippen LogP contribution >= 0.6 is 0 Å². The summed E-state index contributed by atoms with van der Waals surface area (Å²) < 4.78 is 64.4. The third-order valence-corrected chi connectivity index (χ3v) is 3.33. The number of halogens is 3. The van der Waals surface area contributed by atoms with Gasteiger partial charge in [0.25, 0.3) is 10.0 Å². The minimum absolute atomic E-state index is 0.0322. The molecule has 0 fully saturated rings. The van der Waals surface area contributed by atoms with Gasteiger partial charge in [-0.3, -0.25) is 0 Å². The van der Waals surface area contributed by atoms with Gasteiger partial charge in [0.2, 0.25) is 5.76 Å². The summed E-state index contributed by atoms with van der Waals surface area (Å²) in [5.74, 6) is -1.18. The van der Waals surface area contributed by atoms with Crippen LogP contribution in [0.2, 0.25) is 0 Å². The van der Waals surface area contributed by atoms with Gasteiger partial charge in [-0.05, 0) is 23.8 Å². The number of nitrogens with zero attached hydrogens (tertiary/aromatic N) is 1. The number of aromatic nitrogens is 1. The van der Waals surface area contributed by atoms with E-state index in [-0.39, 0.29) is 22.8 Å². The summed E-state index contributed by atoms with van der Waals surface area (Å²) in [6, 6.07) is 4.77. The minimum Gasteiger partial charge on any atom is -0.456 e. The molecule has 0 radical (unpaired) electrons. The Morgan fingerprint density at radius 3 is 2.50 bits per heavy atom. The largest absolute Gasteiger partial charge is 0.456 e. The van der Waals surface area contributed by atoms with Gasteiger partial charge in [0.05, 0.1) is 0 Å². The normalized spacial score (nSPS) is 12.6. The van der Waals surface area contributed by atoms with Crippen LogP contribution in [0.1, 0.15) is 17.1 Å². The number of sulfonamides is 1. The molecule has 2 N–H and O–H groups in total. The molecule has 0 bridgehead atoms. The van der Waals surface area contributed by atoms with E-state index in [1.54, 1.807) is 0 Å². The first-order valence-electron chi connectivity index (χ1n) is 5.30. The van der Waals surface area contributed by atoms with E-state index in [0.29, 0.717) is 0 Å². The van der Waals surface area contributed by atoms with Gasteiger partial charge < -0.3 is 4.42 Å². The molecule has 2 heterocycles. The van der Waals surface area contributed by atoms with E-state index < -0.39 is 22.0 Å². The molecule has 0 aliphatic heterocycles. The molecule has 0 spiro atoms. The zero-order valence-corrected chi connectivity index (χ0v) is 10.7. The second kappa shape index (κ2) is 4.91. The average molecular weight is 306 g/mol. The van der Waals surface area contributed by atoms with Crippen molar-refractivity contribution in [3.63, 3.8) is 0 Å². The van der Waals surface area contributed by atoms with Gasteiger partial charge in [-0.1, -0.05) is 6.07 Å². The standard InChI is InChI=1S/C11H9F3N2O3S/c12-11(13,14)9-4-3-8(19-9)6-7-2-1-5-16-10(7)20(15,17)18/h1-5H,6H2,(H2,15,17,18). The van der Waals surface area contributed by atoms with Crippen molar-refractivity contribution in [2.24, 2.45) is 5.14 Å². The Balaban J connectivity index is 2.34.